The van der Waals surface area contributed by atoms with E-state index in [1.807, 2.05) is 23.1 Å². The lowest BCUT2D eigenvalue weighted by atomic mass is 9.92. The Morgan fingerprint density at radius 3 is 2.63 bits per heavy atom. The van der Waals surface area contributed by atoms with Gasteiger partial charge in [0.2, 0.25) is 5.91 Å². The largest absolute Gasteiger partial charge is 0.459 e. The second kappa shape index (κ2) is 7.59. The minimum atomic E-state index is -0.467. The number of fused-ring (bicyclic) bond motifs is 1. The van der Waals surface area contributed by atoms with Gasteiger partial charge in [-0.15, -0.1) is 0 Å². The Kier molecular flexibility index (Phi) is 5.01. The SMILES string of the molecule is CC1CCCN(C(=O)C2Cc3ccccc3CN2C(=O)c2ccco2)CC1. The van der Waals surface area contributed by atoms with Gasteiger partial charge in [-0.05, 0) is 48.4 Å². The summed E-state index contributed by atoms with van der Waals surface area (Å²) in [5, 5.41) is 0. The number of hydrogen-bond acceptors (Lipinski definition) is 3. The molecular weight excluding hydrogens is 340 g/mol. The molecule has 5 heteroatoms. The highest BCUT2D eigenvalue weighted by molar-refractivity contribution is 5.96. The lowest BCUT2D eigenvalue weighted by molar-refractivity contribution is -0.136. The van der Waals surface area contributed by atoms with E-state index in [-0.39, 0.29) is 17.6 Å². The lowest BCUT2D eigenvalue weighted by Crippen LogP contribution is -2.53. The zero-order chi connectivity index (χ0) is 18.8. The Morgan fingerprint density at radius 1 is 1.04 bits per heavy atom. The molecule has 142 valence electrons. The molecule has 2 aliphatic heterocycles. The number of amides is 2. The van der Waals surface area contributed by atoms with Gasteiger partial charge in [0.15, 0.2) is 5.76 Å². The molecule has 0 saturated carbocycles. The zero-order valence-electron chi connectivity index (χ0n) is 15.8. The van der Waals surface area contributed by atoms with Crippen molar-refractivity contribution in [3.05, 3.63) is 59.5 Å². The van der Waals surface area contributed by atoms with Crippen LogP contribution in [0, 0.1) is 5.92 Å². The molecule has 2 unspecified atom stereocenters. The van der Waals surface area contributed by atoms with E-state index in [0.29, 0.717) is 18.9 Å². The molecule has 5 nitrogen and oxygen atoms in total. The molecule has 2 aliphatic rings. The topological polar surface area (TPSA) is 53.8 Å². The van der Waals surface area contributed by atoms with Crippen molar-refractivity contribution in [1.82, 2.24) is 9.80 Å². The van der Waals surface area contributed by atoms with Crippen molar-refractivity contribution in [2.45, 2.75) is 45.2 Å². The minimum absolute atomic E-state index is 0.0681. The van der Waals surface area contributed by atoms with Crippen molar-refractivity contribution < 1.29 is 14.0 Å². The first-order valence-corrected chi connectivity index (χ1v) is 9.83. The van der Waals surface area contributed by atoms with Crippen LogP contribution in [0.1, 0.15) is 47.9 Å². The first-order valence-electron chi connectivity index (χ1n) is 9.83. The fraction of sp³-hybridized carbons (Fsp3) is 0.455. The van der Waals surface area contributed by atoms with Crippen LogP contribution >= 0.6 is 0 Å². The molecule has 0 spiro atoms. The van der Waals surface area contributed by atoms with Crippen molar-refractivity contribution in [1.29, 1.82) is 0 Å². The molecule has 1 saturated heterocycles. The van der Waals surface area contributed by atoms with E-state index < -0.39 is 6.04 Å². The van der Waals surface area contributed by atoms with Crippen molar-refractivity contribution in [2.75, 3.05) is 13.1 Å². The van der Waals surface area contributed by atoms with Crippen LogP contribution in [-0.2, 0) is 17.8 Å². The van der Waals surface area contributed by atoms with E-state index in [9.17, 15) is 9.59 Å². The van der Waals surface area contributed by atoms with Crippen LogP contribution in [0.3, 0.4) is 0 Å². The predicted molar refractivity (Wildman–Crippen MR) is 102 cm³/mol. The van der Waals surface area contributed by atoms with E-state index in [4.69, 9.17) is 4.42 Å². The average molecular weight is 366 g/mol. The molecule has 27 heavy (non-hydrogen) atoms. The summed E-state index contributed by atoms with van der Waals surface area (Å²) in [7, 11) is 0. The quantitative estimate of drug-likeness (QED) is 0.817. The highest BCUT2D eigenvalue weighted by Gasteiger charge is 2.38. The third kappa shape index (κ3) is 3.64. The van der Waals surface area contributed by atoms with E-state index in [0.717, 1.165) is 43.5 Å². The maximum absolute atomic E-state index is 13.4. The van der Waals surface area contributed by atoms with Gasteiger partial charge in [0.25, 0.3) is 5.91 Å². The maximum atomic E-state index is 13.4. The Balaban J connectivity index is 1.62. The van der Waals surface area contributed by atoms with Crippen molar-refractivity contribution >= 4 is 11.8 Å². The summed E-state index contributed by atoms with van der Waals surface area (Å²) < 4.78 is 5.33. The molecule has 2 amide bonds. The maximum Gasteiger partial charge on any atom is 0.290 e. The van der Waals surface area contributed by atoms with Gasteiger partial charge in [0.05, 0.1) is 6.26 Å². The normalized spacial score (nSPS) is 22.9. The summed E-state index contributed by atoms with van der Waals surface area (Å²) in [4.78, 5) is 30.1. The first-order chi connectivity index (χ1) is 13.1. The monoisotopic (exact) mass is 366 g/mol. The Hall–Kier alpha value is -2.56. The van der Waals surface area contributed by atoms with Gasteiger partial charge in [-0.1, -0.05) is 31.2 Å². The van der Waals surface area contributed by atoms with Crippen LogP contribution in [0.2, 0.25) is 0 Å². The van der Waals surface area contributed by atoms with E-state index in [1.54, 1.807) is 17.0 Å². The first kappa shape index (κ1) is 17.8. The number of likely N-dealkylation sites (tertiary alicyclic amines) is 1. The van der Waals surface area contributed by atoms with Gasteiger partial charge >= 0.3 is 0 Å². The smallest absolute Gasteiger partial charge is 0.290 e. The molecule has 0 bridgehead atoms. The van der Waals surface area contributed by atoms with Crippen molar-refractivity contribution in [3.8, 4) is 0 Å². The molecular formula is C22H26N2O3. The molecule has 3 heterocycles. The highest BCUT2D eigenvalue weighted by atomic mass is 16.3. The number of hydrogen-bond donors (Lipinski definition) is 0. The van der Waals surface area contributed by atoms with Crippen LogP contribution in [-0.4, -0.2) is 40.7 Å². The molecule has 0 aliphatic carbocycles. The average Bonchev–Trinajstić information content (AvgIpc) is 3.14. The zero-order valence-corrected chi connectivity index (χ0v) is 15.8. The van der Waals surface area contributed by atoms with Crippen LogP contribution in [0.4, 0.5) is 0 Å². The molecule has 2 aromatic rings. The van der Waals surface area contributed by atoms with Crippen LogP contribution < -0.4 is 0 Å². The second-order valence-electron chi connectivity index (χ2n) is 7.76. The van der Waals surface area contributed by atoms with Gasteiger partial charge in [0.1, 0.15) is 6.04 Å². The second-order valence-corrected chi connectivity index (χ2v) is 7.76. The fourth-order valence-corrected chi connectivity index (χ4v) is 4.19. The Labute approximate surface area is 159 Å². The third-order valence-electron chi connectivity index (χ3n) is 5.85. The lowest BCUT2D eigenvalue weighted by Gasteiger charge is -2.38. The molecule has 1 fully saturated rings. The van der Waals surface area contributed by atoms with E-state index in [2.05, 4.69) is 13.0 Å². The van der Waals surface area contributed by atoms with Gasteiger partial charge in [-0.2, -0.15) is 0 Å². The van der Waals surface area contributed by atoms with E-state index in [1.165, 1.54) is 6.26 Å². The minimum Gasteiger partial charge on any atom is -0.459 e. The number of benzene rings is 1. The number of carbonyl (C=O) groups excluding carboxylic acids is 2. The molecule has 0 N–H and O–H groups in total. The molecule has 2 atom stereocenters. The summed E-state index contributed by atoms with van der Waals surface area (Å²) in [6.07, 6.45) is 5.28. The van der Waals surface area contributed by atoms with Gasteiger partial charge < -0.3 is 14.2 Å². The van der Waals surface area contributed by atoms with Gasteiger partial charge in [0, 0.05) is 26.1 Å². The number of nitrogens with zero attached hydrogens (tertiary/aromatic N) is 2. The number of carbonyl (C=O) groups is 2. The molecule has 4 rings (SSSR count). The third-order valence-corrected chi connectivity index (χ3v) is 5.85. The summed E-state index contributed by atoms with van der Waals surface area (Å²) in [6.45, 7) is 4.25. The van der Waals surface area contributed by atoms with Gasteiger partial charge in [-0.3, -0.25) is 9.59 Å². The Morgan fingerprint density at radius 2 is 1.85 bits per heavy atom. The molecule has 1 aromatic carbocycles. The number of rotatable bonds is 2. The summed E-state index contributed by atoms with van der Waals surface area (Å²) in [6, 6.07) is 11.0. The standard InChI is InChI=1S/C22H26N2O3/c1-16-6-4-11-23(12-10-16)21(25)19-14-17-7-2-3-8-18(17)15-24(19)22(26)20-9-5-13-27-20/h2-3,5,7-9,13,16,19H,4,6,10-12,14-15H2,1H3. The van der Waals surface area contributed by atoms with Crippen LogP contribution in [0.15, 0.2) is 47.1 Å². The predicted octanol–water partition coefficient (Wildman–Crippen LogP) is 3.50. The number of furan rings is 1. The summed E-state index contributed by atoms with van der Waals surface area (Å²) >= 11 is 0. The molecule has 1 aromatic heterocycles. The van der Waals surface area contributed by atoms with Gasteiger partial charge in [-0.25, -0.2) is 0 Å². The van der Waals surface area contributed by atoms with Crippen molar-refractivity contribution in [3.63, 3.8) is 0 Å². The highest BCUT2D eigenvalue weighted by Crippen LogP contribution is 2.27. The van der Waals surface area contributed by atoms with Crippen molar-refractivity contribution in [2.24, 2.45) is 5.92 Å². The summed E-state index contributed by atoms with van der Waals surface area (Å²) in [5.41, 5.74) is 2.26. The van der Waals surface area contributed by atoms with Crippen LogP contribution in [0.25, 0.3) is 0 Å². The Bertz CT molecular complexity index is 815. The molecule has 0 radical (unpaired) electrons. The fourth-order valence-electron chi connectivity index (χ4n) is 4.19. The van der Waals surface area contributed by atoms with Crippen LogP contribution in [0.5, 0.6) is 0 Å². The summed E-state index contributed by atoms with van der Waals surface area (Å²) in [5.74, 6) is 0.793. The van der Waals surface area contributed by atoms with E-state index >= 15 is 0 Å².